The Bertz CT molecular complexity index is 371. The lowest BCUT2D eigenvalue weighted by Gasteiger charge is -2.18. The molecule has 0 aliphatic heterocycles. The molecule has 1 rings (SSSR count). The van der Waals surface area contributed by atoms with Crippen molar-refractivity contribution in [3.05, 3.63) is 16.7 Å². The molecule has 0 aliphatic carbocycles. The average molecular weight is 226 g/mol. The second kappa shape index (κ2) is 6.12. The van der Waals surface area contributed by atoms with Crippen LogP contribution in [0.15, 0.2) is 11.1 Å². The molecule has 0 amide bonds. The zero-order valence-electron chi connectivity index (χ0n) is 9.62. The second-order valence-electron chi connectivity index (χ2n) is 3.58. The number of H-pyrrole nitrogens is 1. The van der Waals surface area contributed by atoms with Gasteiger partial charge >= 0.3 is 0 Å². The predicted molar refractivity (Wildman–Crippen MR) is 63.5 cm³/mol. The van der Waals surface area contributed by atoms with E-state index in [1.807, 2.05) is 0 Å². The quantitative estimate of drug-likeness (QED) is 0.659. The molecule has 0 saturated heterocycles. The Hall–Kier alpha value is -1.56. The summed E-state index contributed by atoms with van der Waals surface area (Å²) in [7, 11) is 1.64. The number of aromatic amines is 1. The summed E-state index contributed by atoms with van der Waals surface area (Å²) in [6, 6.07) is 0.117. The van der Waals surface area contributed by atoms with Gasteiger partial charge in [0.2, 0.25) is 0 Å². The molecule has 0 bridgehead atoms. The molecule has 1 unspecified atom stereocenters. The Balaban J connectivity index is 2.76. The third kappa shape index (κ3) is 3.23. The number of nitrogens with one attached hydrogen (secondary N) is 2. The van der Waals surface area contributed by atoms with Gasteiger partial charge < -0.3 is 20.8 Å². The van der Waals surface area contributed by atoms with E-state index in [9.17, 15) is 4.79 Å². The van der Waals surface area contributed by atoms with Gasteiger partial charge in [-0.2, -0.15) is 0 Å². The first kappa shape index (κ1) is 12.5. The number of hydrogen-bond acceptors (Lipinski definition) is 5. The highest BCUT2D eigenvalue weighted by molar-refractivity contribution is 5.59. The van der Waals surface area contributed by atoms with Crippen molar-refractivity contribution < 1.29 is 4.74 Å². The van der Waals surface area contributed by atoms with Gasteiger partial charge in [0.15, 0.2) is 5.82 Å². The first-order chi connectivity index (χ1) is 7.69. The summed E-state index contributed by atoms with van der Waals surface area (Å²) in [5, 5.41) is 3.11. The third-order valence-electron chi connectivity index (χ3n) is 2.23. The van der Waals surface area contributed by atoms with Crippen molar-refractivity contribution in [3.63, 3.8) is 0 Å². The SMILES string of the molecule is CCCC(COC)Nc1nc[nH]c(=O)c1N. The first-order valence-corrected chi connectivity index (χ1v) is 5.27. The topological polar surface area (TPSA) is 93.0 Å². The van der Waals surface area contributed by atoms with Crippen LogP contribution in [0.2, 0.25) is 0 Å². The average Bonchev–Trinajstić information content (AvgIpc) is 2.25. The van der Waals surface area contributed by atoms with Gasteiger partial charge in [-0.05, 0) is 6.42 Å². The largest absolute Gasteiger partial charge is 0.391 e. The highest BCUT2D eigenvalue weighted by Crippen LogP contribution is 2.11. The van der Waals surface area contributed by atoms with E-state index in [1.54, 1.807) is 7.11 Å². The minimum Gasteiger partial charge on any atom is -0.391 e. The molecule has 0 fully saturated rings. The number of ether oxygens (including phenoxy) is 1. The van der Waals surface area contributed by atoms with Crippen LogP contribution in [0.3, 0.4) is 0 Å². The van der Waals surface area contributed by atoms with Crippen molar-refractivity contribution in [2.45, 2.75) is 25.8 Å². The number of nitrogens with two attached hydrogens (primary N) is 1. The molecule has 6 nitrogen and oxygen atoms in total. The Morgan fingerprint density at radius 1 is 1.69 bits per heavy atom. The van der Waals surface area contributed by atoms with Crippen LogP contribution in [0, 0.1) is 0 Å². The fourth-order valence-electron chi connectivity index (χ4n) is 1.47. The van der Waals surface area contributed by atoms with Crippen LogP contribution in [0.4, 0.5) is 11.5 Å². The van der Waals surface area contributed by atoms with Crippen molar-refractivity contribution in [3.8, 4) is 0 Å². The molecule has 90 valence electrons. The maximum Gasteiger partial charge on any atom is 0.276 e. The van der Waals surface area contributed by atoms with Crippen molar-refractivity contribution in [1.29, 1.82) is 0 Å². The Morgan fingerprint density at radius 2 is 2.44 bits per heavy atom. The zero-order valence-corrected chi connectivity index (χ0v) is 9.62. The monoisotopic (exact) mass is 226 g/mol. The molecule has 6 heteroatoms. The lowest BCUT2D eigenvalue weighted by molar-refractivity contribution is 0.182. The van der Waals surface area contributed by atoms with E-state index in [0.29, 0.717) is 12.4 Å². The van der Waals surface area contributed by atoms with E-state index in [-0.39, 0.29) is 17.3 Å². The number of nitrogens with zero attached hydrogens (tertiary/aromatic N) is 1. The molecule has 16 heavy (non-hydrogen) atoms. The number of anilines is 2. The van der Waals surface area contributed by atoms with E-state index in [1.165, 1.54) is 6.33 Å². The van der Waals surface area contributed by atoms with Crippen LogP contribution in [-0.2, 0) is 4.74 Å². The van der Waals surface area contributed by atoms with Gasteiger partial charge in [0.1, 0.15) is 5.69 Å². The van der Waals surface area contributed by atoms with Crippen molar-refractivity contribution in [2.24, 2.45) is 0 Å². The van der Waals surface area contributed by atoms with Crippen LogP contribution >= 0.6 is 0 Å². The standard InChI is InChI=1S/C10H18N4O2/c1-3-4-7(5-16-2)14-9-8(11)10(15)13-6-12-9/h6-7H,3-5,11H2,1-2H3,(H2,12,13,14,15). The van der Waals surface area contributed by atoms with Crippen LogP contribution in [0.1, 0.15) is 19.8 Å². The van der Waals surface area contributed by atoms with Crippen molar-refractivity contribution in [2.75, 3.05) is 24.8 Å². The molecule has 0 aromatic carbocycles. The van der Waals surface area contributed by atoms with Gasteiger partial charge in [-0.15, -0.1) is 0 Å². The zero-order chi connectivity index (χ0) is 12.0. The summed E-state index contributed by atoms with van der Waals surface area (Å²) < 4.78 is 5.08. The molecule has 1 atom stereocenters. The summed E-state index contributed by atoms with van der Waals surface area (Å²) in [4.78, 5) is 17.7. The lowest BCUT2D eigenvalue weighted by atomic mass is 10.2. The van der Waals surface area contributed by atoms with E-state index in [0.717, 1.165) is 12.8 Å². The fraction of sp³-hybridized carbons (Fsp3) is 0.600. The summed E-state index contributed by atoms with van der Waals surface area (Å²) in [6.07, 6.45) is 3.28. The summed E-state index contributed by atoms with van der Waals surface area (Å²) in [5.41, 5.74) is 5.40. The summed E-state index contributed by atoms with van der Waals surface area (Å²) >= 11 is 0. The normalized spacial score (nSPS) is 12.4. The van der Waals surface area contributed by atoms with Crippen molar-refractivity contribution in [1.82, 2.24) is 9.97 Å². The molecule has 1 aromatic heterocycles. The molecular weight excluding hydrogens is 208 g/mol. The molecule has 0 saturated carbocycles. The minimum atomic E-state index is -0.329. The molecule has 0 radical (unpaired) electrons. The van der Waals surface area contributed by atoms with Gasteiger partial charge in [0.05, 0.1) is 19.0 Å². The molecule has 0 aliphatic rings. The van der Waals surface area contributed by atoms with Gasteiger partial charge in [-0.25, -0.2) is 4.98 Å². The number of hydrogen-bond donors (Lipinski definition) is 3. The number of rotatable bonds is 6. The van der Waals surface area contributed by atoms with Crippen LogP contribution in [-0.4, -0.2) is 29.7 Å². The Kier molecular flexibility index (Phi) is 4.78. The Labute approximate surface area is 94.2 Å². The van der Waals surface area contributed by atoms with Crippen LogP contribution in [0.5, 0.6) is 0 Å². The van der Waals surface area contributed by atoms with Crippen molar-refractivity contribution >= 4 is 11.5 Å². The molecular formula is C10H18N4O2. The molecule has 4 N–H and O–H groups in total. The fourth-order valence-corrected chi connectivity index (χ4v) is 1.47. The molecule has 1 heterocycles. The lowest BCUT2D eigenvalue weighted by Crippen LogP contribution is -2.27. The second-order valence-corrected chi connectivity index (χ2v) is 3.58. The predicted octanol–water partition coefficient (Wildman–Crippen LogP) is 0.579. The molecule has 1 aromatic rings. The van der Waals surface area contributed by atoms with E-state index in [2.05, 4.69) is 22.2 Å². The number of methoxy groups -OCH3 is 1. The van der Waals surface area contributed by atoms with E-state index in [4.69, 9.17) is 10.5 Å². The maximum atomic E-state index is 11.2. The van der Waals surface area contributed by atoms with Crippen LogP contribution in [0.25, 0.3) is 0 Å². The molecule has 0 spiro atoms. The van der Waals surface area contributed by atoms with Gasteiger partial charge in [0.25, 0.3) is 5.56 Å². The Morgan fingerprint density at radius 3 is 3.06 bits per heavy atom. The third-order valence-corrected chi connectivity index (χ3v) is 2.23. The highest BCUT2D eigenvalue weighted by atomic mass is 16.5. The number of aromatic nitrogens is 2. The maximum absolute atomic E-state index is 11.2. The van der Waals surface area contributed by atoms with Gasteiger partial charge in [0, 0.05) is 7.11 Å². The first-order valence-electron chi connectivity index (χ1n) is 5.27. The minimum absolute atomic E-state index is 0.111. The van der Waals surface area contributed by atoms with Gasteiger partial charge in [-0.3, -0.25) is 4.79 Å². The smallest absolute Gasteiger partial charge is 0.276 e. The highest BCUT2D eigenvalue weighted by Gasteiger charge is 2.11. The number of nitrogen functional groups attached to an aromatic ring is 1. The summed E-state index contributed by atoms with van der Waals surface area (Å²) in [6.45, 7) is 2.64. The van der Waals surface area contributed by atoms with E-state index < -0.39 is 0 Å². The van der Waals surface area contributed by atoms with Crippen LogP contribution < -0.4 is 16.6 Å². The van der Waals surface area contributed by atoms with E-state index >= 15 is 0 Å². The summed E-state index contributed by atoms with van der Waals surface area (Å²) in [5.74, 6) is 0.416. The van der Waals surface area contributed by atoms with Gasteiger partial charge in [-0.1, -0.05) is 13.3 Å².